The SMILES string of the molecule is C=CCOc1cc2ccc(-c3ccc(OCC=CC)cc3)c(F)c2c(F)c1F. The minimum Gasteiger partial charge on any atom is -0.490 e. The van der Waals surface area contributed by atoms with E-state index in [1.807, 2.05) is 19.1 Å². The van der Waals surface area contributed by atoms with Gasteiger partial charge in [-0.2, -0.15) is 4.39 Å². The van der Waals surface area contributed by atoms with Crippen LogP contribution in [-0.4, -0.2) is 13.2 Å². The molecule has 0 saturated carbocycles. The summed E-state index contributed by atoms with van der Waals surface area (Å²) in [6.45, 7) is 5.81. The summed E-state index contributed by atoms with van der Waals surface area (Å²) >= 11 is 0. The molecule has 0 heterocycles. The molecule has 0 aliphatic heterocycles. The molecule has 0 saturated heterocycles. The molecule has 0 bridgehead atoms. The van der Waals surface area contributed by atoms with E-state index in [9.17, 15) is 8.78 Å². The van der Waals surface area contributed by atoms with Crippen LogP contribution in [0.25, 0.3) is 21.9 Å². The predicted molar refractivity (Wildman–Crippen MR) is 105 cm³/mol. The summed E-state index contributed by atoms with van der Waals surface area (Å²) in [5.74, 6) is -2.98. The lowest BCUT2D eigenvalue weighted by atomic mass is 9.99. The second-order valence-electron chi connectivity index (χ2n) is 6.03. The van der Waals surface area contributed by atoms with Gasteiger partial charge in [0.1, 0.15) is 24.8 Å². The minimum atomic E-state index is -1.28. The molecule has 0 unspecified atom stereocenters. The monoisotopic (exact) mass is 384 g/mol. The number of allylic oxidation sites excluding steroid dienone is 1. The Kier molecular flexibility index (Phi) is 6.04. The molecule has 28 heavy (non-hydrogen) atoms. The molecule has 0 aliphatic carbocycles. The maximum Gasteiger partial charge on any atom is 0.201 e. The third-order valence-electron chi connectivity index (χ3n) is 4.19. The molecule has 3 rings (SSSR count). The largest absolute Gasteiger partial charge is 0.490 e. The number of hydrogen-bond donors (Lipinski definition) is 0. The van der Waals surface area contributed by atoms with E-state index < -0.39 is 22.8 Å². The van der Waals surface area contributed by atoms with Gasteiger partial charge in [0.25, 0.3) is 0 Å². The fourth-order valence-electron chi connectivity index (χ4n) is 2.80. The topological polar surface area (TPSA) is 18.5 Å². The summed E-state index contributed by atoms with van der Waals surface area (Å²) in [5.41, 5.74) is 0.704. The van der Waals surface area contributed by atoms with Gasteiger partial charge in [0, 0.05) is 5.56 Å². The highest BCUT2D eigenvalue weighted by Crippen LogP contribution is 2.35. The smallest absolute Gasteiger partial charge is 0.201 e. The van der Waals surface area contributed by atoms with Gasteiger partial charge < -0.3 is 9.47 Å². The van der Waals surface area contributed by atoms with Crippen LogP contribution in [0.1, 0.15) is 6.92 Å². The molecule has 0 amide bonds. The first-order chi connectivity index (χ1) is 13.6. The van der Waals surface area contributed by atoms with Gasteiger partial charge >= 0.3 is 0 Å². The molecule has 5 heteroatoms. The van der Waals surface area contributed by atoms with Crippen molar-refractivity contribution in [2.75, 3.05) is 13.2 Å². The molecule has 3 aromatic carbocycles. The summed E-state index contributed by atoms with van der Waals surface area (Å²) in [6, 6.07) is 11.1. The first kappa shape index (κ1) is 19.5. The quantitative estimate of drug-likeness (QED) is 0.436. The summed E-state index contributed by atoms with van der Waals surface area (Å²) in [7, 11) is 0. The third kappa shape index (κ3) is 3.88. The maximum absolute atomic E-state index is 15.0. The van der Waals surface area contributed by atoms with Gasteiger partial charge in [-0.25, -0.2) is 8.78 Å². The van der Waals surface area contributed by atoms with Crippen molar-refractivity contribution in [3.05, 3.63) is 84.7 Å². The van der Waals surface area contributed by atoms with Crippen LogP contribution in [0.4, 0.5) is 13.2 Å². The molecule has 3 aromatic rings. The van der Waals surface area contributed by atoms with Crippen LogP contribution in [-0.2, 0) is 0 Å². The number of rotatable bonds is 7. The summed E-state index contributed by atoms with van der Waals surface area (Å²) in [4.78, 5) is 0. The molecule has 0 aliphatic rings. The summed E-state index contributed by atoms with van der Waals surface area (Å²) < 4.78 is 54.4. The van der Waals surface area contributed by atoms with Gasteiger partial charge in [-0.1, -0.05) is 49.1 Å². The first-order valence-corrected chi connectivity index (χ1v) is 8.75. The molecule has 0 fully saturated rings. The molecule has 144 valence electrons. The minimum absolute atomic E-state index is 0.0187. The second kappa shape index (κ2) is 8.65. The van der Waals surface area contributed by atoms with Crippen LogP contribution < -0.4 is 9.47 Å². The fourth-order valence-corrected chi connectivity index (χ4v) is 2.80. The molecule has 0 aromatic heterocycles. The van der Waals surface area contributed by atoms with E-state index in [1.165, 1.54) is 24.3 Å². The van der Waals surface area contributed by atoms with Gasteiger partial charge in [0.05, 0.1) is 5.39 Å². The van der Waals surface area contributed by atoms with Crippen molar-refractivity contribution in [2.45, 2.75) is 6.92 Å². The van der Waals surface area contributed by atoms with Crippen LogP contribution in [0.5, 0.6) is 11.5 Å². The van der Waals surface area contributed by atoms with Gasteiger partial charge in [-0.15, -0.1) is 0 Å². The lowest BCUT2D eigenvalue weighted by Crippen LogP contribution is -2.00. The van der Waals surface area contributed by atoms with E-state index in [4.69, 9.17) is 9.47 Å². The Morgan fingerprint density at radius 3 is 2.32 bits per heavy atom. The van der Waals surface area contributed by atoms with Crippen LogP contribution in [0.2, 0.25) is 0 Å². The molecule has 0 spiro atoms. The second-order valence-corrected chi connectivity index (χ2v) is 6.03. The molecular weight excluding hydrogens is 365 g/mol. The van der Waals surface area contributed by atoms with Gasteiger partial charge in [0.2, 0.25) is 5.82 Å². The van der Waals surface area contributed by atoms with E-state index in [2.05, 4.69) is 6.58 Å². The lowest BCUT2D eigenvalue weighted by molar-refractivity contribution is 0.334. The Hall–Kier alpha value is -3.21. The molecular formula is C23H19F3O2. The van der Waals surface area contributed by atoms with Crippen molar-refractivity contribution in [3.63, 3.8) is 0 Å². The van der Waals surface area contributed by atoms with Crippen molar-refractivity contribution in [1.82, 2.24) is 0 Å². The highest BCUT2D eigenvalue weighted by molar-refractivity contribution is 5.90. The van der Waals surface area contributed by atoms with E-state index in [0.717, 1.165) is 0 Å². The van der Waals surface area contributed by atoms with E-state index >= 15 is 4.39 Å². The molecule has 0 atom stereocenters. The van der Waals surface area contributed by atoms with E-state index in [0.29, 0.717) is 17.9 Å². The Morgan fingerprint density at radius 1 is 0.893 bits per heavy atom. The number of hydrogen-bond acceptors (Lipinski definition) is 2. The van der Waals surface area contributed by atoms with Crippen LogP contribution >= 0.6 is 0 Å². The van der Waals surface area contributed by atoms with Gasteiger partial charge in [0.15, 0.2) is 11.6 Å². The van der Waals surface area contributed by atoms with E-state index in [1.54, 1.807) is 24.3 Å². The number of halogens is 3. The zero-order valence-corrected chi connectivity index (χ0v) is 15.3. The highest BCUT2D eigenvalue weighted by atomic mass is 19.2. The van der Waals surface area contributed by atoms with Crippen LogP contribution in [0.15, 0.2) is 67.3 Å². The van der Waals surface area contributed by atoms with Gasteiger partial charge in [-0.05, 0) is 36.1 Å². The number of fused-ring (bicyclic) bond motifs is 1. The average molecular weight is 384 g/mol. The lowest BCUT2D eigenvalue weighted by Gasteiger charge is -2.12. The highest BCUT2D eigenvalue weighted by Gasteiger charge is 2.20. The molecule has 0 radical (unpaired) electrons. The number of ether oxygens (including phenoxy) is 2. The third-order valence-corrected chi connectivity index (χ3v) is 4.19. The van der Waals surface area contributed by atoms with Crippen LogP contribution in [0.3, 0.4) is 0 Å². The standard InChI is InChI=1S/C23H19F3O2/c1-3-5-13-27-17-9-6-15(7-10-17)18-11-8-16-14-19(28-12-4-2)22(25)23(26)20(16)21(18)24/h3-11,14H,2,12-13H2,1H3. The summed E-state index contributed by atoms with van der Waals surface area (Å²) in [5, 5.41) is -0.195. The van der Waals surface area contributed by atoms with Crippen molar-refractivity contribution < 1.29 is 22.6 Å². The van der Waals surface area contributed by atoms with E-state index in [-0.39, 0.29) is 23.3 Å². The Balaban J connectivity index is 2.00. The summed E-state index contributed by atoms with van der Waals surface area (Å²) in [6.07, 6.45) is 5.15. The van der Waals surface area contributed by atoms with Crippen LogP contribution in [0, 0.1) is 17.5 Å². The van der Waals surface area contributed by atoms with Crippen molar-refractivity contribution in [1.29, 1.82) is 0 Å². The Bertz CT molecular complexity index is 1020. The van der Waals surface area contributed by atoms with Crippen molar-refractivity contribution >= 4 is 10.8 Å². The fraction of sp³-hybridized carbons (Fsp3) is 0.130. The zero-order valence-electron chi connectivity index (χ0n) is 15.3. The normalized spacial score (nSPS) is 11.1. The zero-order chi connectivity index (χ0) is 20.1. The first-order valence-electron chi connectivity index (χ1n) is 8.75. The molecule has 2 nitrogen and oxygen atoms in total. The Labute approximate surface area is 161 Å². The Morgan fingerprint density at radius 2 is 1.64 bits per heavy atom. The average Bonchev–Trinajstić information content (AvgIpc) is 2.70. The number of benzene rings is 3. The molecule has 0 N–H and O–H groups in total. The van der Waals surface area contributed by atoms with Crippen molar-refractivity contribution in [2.24, 2.45) is 0 Å². The van der Waals surface area contributed by atoms with Gasteiger partial charge in [-0.3, -0.25) is 0 Å². The predicted octanol–water partition coefficient (Wildman–Crippen LogP) is 6.44. The van der Waals surface area contributed by atoms with Crippen molar-refractivity contribution in [3.8, 4) is 22.6 Å². The maximum atomic E-state index is 15.0.